The Labute approximate surface area is 146 Å². The quantitative estimate of drug-likeness (QED) is 0.639. The van der Waals surface area contributed by atoms with Crippen LogP contribution in [0.5, 0.6) is 0 Å². The fourth-order valence-electron chi connectivity index (χ4n) is 2.37. The van der Waals surface area contributed by atoms with Crippen LogP contribution in [-0.4, -0.2) is 22.8 Å². The van der Waals surface area contributed by atoms with E-state index in [0.717, 1.165) is 11.1 Å². The molecule has 2 rings (SSSR count). The largest absolute Gasteiger partial charge is 0.445 e. The number of carbonyl (C=O) groups excluding carboxylic acids is 2. The third kappa shape index (κ3) is 5.93. The van der Waals surface area contributed by atoms with E-state index in [9.17, 15) is 14.7 Å². The van der Waals surface area contributed by atoms with Gasteiger partial charge in [0, 0.05) is 6.42 Å². The highest BCUT2D eigenvalue weighted by Gasteiger charge is 2.35. The molecule has 0 radical (unpaired) electrons. The minimum Gasteiger partial charge on any atom is -0.445 e. The second-order valence-electron chi connectivity index (χ2n) is 5.75. The number of benzene rings is 2. The van der Waals surface area contributed by atoms with E-state index in [-0.39, 0.29) is 13.0 Å². The molecule has 132 valence electrons. The molecule has 0 bridgehead atoms. The van der Waals surface area contributed by atoms with Gasteiger partial charge in [-0.25, -0.2) is 4.79 Å². The van der Waals surface area contributed by atoms with Crippen molar-refractivity contribution in [2.24, 2.45) is 5.73 Å². The van der Waals surface area contributed by atoms with Gasteiger partial charge < -0.3 is 15.6 Å². The van der Waals surface area contributed by atoms with Crippen LogP contribution in [-0.2, 0) is 22.6 Å². The Morgan fingerprint density at radius 2 is 1.56 bits per heavy atom. The second-order valence-corrected chi connectivity index (χ2v) is 5.75. The van der Waals surface area contributed by atoms with Gasteiger partial charge in [0.1, 0.15) is 6.61 Å². The predicted octanol–water partition coefficient (Wildman–Crippen LogP) is 2.11. The van der Waals surface area contributed by atoms with E-state index in [1.54, 1.807) is 12.1 Å². The van der Waals surface area contributed by atoms with Crippen molar-refractivity contribution < 1.29 is 19.4 Å². The molecule has 0 aliphatic heterocycles. The summed E-state index contributed by atoms with van der Waals surface area (Å²) in [7, 11) is 0. The average Bonchev–Trinajstić information content (AvgIpc) is 2.61. The van der Waals surface area contributed by atoms with Crippen LogP contribution in [0.15, 0.2) is 60.7 Å². The van der Waals surface area contributed by atoms with Crippen molar-refractivity contribution in [3.63, 3.8) is 0 Å². The summed E-state index contributed by atoms with van der Waals surface area (Å²) in [5.41, 5.74) is 4.98. The van der Waals surface area contributed by atoms with Gasteiger partial charge in [-0.3, -0.25) is 10.1 Å². The molecule has 1 atom stereocenters. The van der Waals surface area contributed by atoms with Gasteiger partial charge in [-0.15, -0.1) is 0 Å². The molecule has 6 nitrogen and oxygen atoms in total. The summed E-state index contributed by atoms with van der Waals surface area (Å²) in [4.78, 5) is 23.4. The third-order valence-corrected chi connectivity index (χ3v) is 3.78. The fourth-order valence-corrected chi connectivity index (χ4v) is 2.37. The lowest BCUT2D eigenvalue weighted by molar-refractivity contribution is -0.140. The number of primary amides is 1. The van der Waals surface area contributed by atoms with Crippen LogP contribution in [0.1, 0.15) is 24.0 Å². The highest BCUT2D eigenvalue weighted by molar-refractivity contribution is 5.86. The number of alkyl carbamates (subject to hydrolysis) is 1. The van der Waals surface area contributed by atoms with E-state index in [1.165, 1.54) is 0 Å². The molecule has 0 spiro atoms. The Hall–Kier alpha value is -2.86. The van der Waals surface area contributed by atoms with E-state index in [1.807, 2.05) is 48.5 Å². The van der Waals surface area contributed by atoms with E-state index in [4.69, 9.17) is 10.5 Å². The van der Waals surface area contributed by atoms with Crippen LogP contribution in [0, 0.1) is 0 Å². The van der Waals surface area contributed by atoms with Crippen molar-refractivity contribution in [2.75, 3.05) is 0 Å². The maximum atomic E-state index is 11.9. The van der Waals surface area contributed by atoms with Crippen molar-refractivity contribution >= 4 is 12.0 Å². The summed E-state index contributed by atoms with van der Waals surface area (Å²) < 4.78 is 5.02. The summed E-state index contributed by atoms with van der Waals surface area (Å²) in [5, 5.41) is 12.5. The summed E-state index contributed by atoms with van der Waals surface area (Å²) in [6.45, 7) is 0.0333. The Bertz CT molecular complexity index is 691. The minimum absolute atomic E-state index is 0.00232. The van der Waals surface area contributed by atoms with Crippen molar-refractivity contribution in [2.45, 2.75) is 31.6 Å². The number of aryl methyl sites for hydroxylation is 1. The number of ether oxygens (including phenoxy) is 1. The summed E-state index contributed by atoms with van der Waals surface area (Å²) >= 11 is 0. The molecule has 0 aromatic heterocycles. The number of nitrogens with two attached hydrogens (primary N) is 1. The van der Waals surface area contributed by atoms with Gasteiger partial charge in [0.25, 0.3) is 5.91 Å². The zero-order chi connectivity index (χ0) is 18.1. The first kappa shape index (κ1) is 18.5. The number of nitrogens with one attached hydrogen (secondary N) is 1. The molecule has 0 saturated heterocycles. The molecular weight excluding hydrogens is 320 g/mol. The van der Waals surface area contributed by atoms with E-state index < -0.39 is 17.7 Å². The van der Waals surface area contributed by atoms with Crippen LogP contribution in [0.2, 0.25) is 0 Å². The van der Waals surface area contributed by atoms with Gasteiger partial charge in [0.15, 0.2) is 0 Å². The highest BCUT2D eigenvalue weighted by Crippen LogP contribution is 2.13. The average molecular weight is 342 g/mol. The summed E-state index contributed by atoms with van der Waals surface area (Å²) in [6.07, 6.45) is 0.224. The minimum atomic E-state index is -2.14. The molecule has 2 amide bonds. The number of rotatable bonds is 8. The van der Waals surface area contributed by atoms with Gasteiger partial charge in [0.05, 0.1) is 0 Å². The first-order valence-corrected chi connectivity index (χ1v) is 8.05. The lowest BCUT2D eigenvalue weighted by Crippen LogP contribution is -2.57. The molecule has 6 heteroatoms. The monoisotopic (exact) mass is 342 g/mol. The van der Waals surface area contributed by atoms with Crippen LogP contribution < -0.4 is 11.1 Å². The van der Waals surface area contributed by atoms with Gasteiger partial charge in [-0.2, -0.15) is 0 Å². The van der Waals surface area contributed by atoms with Gasteiger partial charge >= 0.3 is 6.09 Å². The molecular formula is C19H22N2O4. The molecule has 25 heavy (non-hydrogen) atoms. The normalized spacial score (nSPS) is 12.8. The highest BCUT2D eigenvalue weighted by atomic mass is 16.6. The predicted molar refractivity (Wildman–Crippen MR) is 93.3 cm³/mol. The number of amides is 2. The Morgan fingerprint density at radius 1 is 1.00 bits per heavy atom. The van der Waals surface area contributed by atoms with Crippen molar-refractivity contribution in [3.05, 3.63) is 71.8 Å². The topological polar surface area (TPSA) is 102 Å². The number of hydrogen-bond donors (Lipinski definition) is 3. The SMILES string of the molecule is NC(=O)[C@@](O)(CCCc1ccccc1)NC(=O)OCc1ccccc1. The van der Waals surface area contributed by atoms with E-state index >= 15 is 0 Å². The zero-order valence-electron chi connectivity index (χ0n) is 13.9. The van der Waals surface area contributed by atoms with Crippen molar-refractivity contribution in [3.8, 4) is 0 Å². The number of aliphatic hydroxyl groups is 1. The number of carbonyl (C=O) groups is 2. The molecule has 0 fully saturated rings. The second kappa shape index (κ2) is 8.84. The van der Waals surface area contributed by atoms with Crippen molar-refractivity contribution in [1.29, 1.82) is 0 Å². The van der Waals surface area contributed by atoms with E-state index in [0.29, 0.717) is 12.8 Å². The molecule has 2 aromatic carbocycles. The summed E-state index contributed by atoms with van der Waals surface area (Å²) in [5.74, 6) is -1.02. The molecule has 0 heterocycles. The standard InChI is InChI=1S/C19H22N2O4/c20-17(22)19(24,13-7-12-15-8-3-1-4-9-15)21-18(23)25-14-16-10-5-2-6-11-16/h1-6,8-11,24H,7,12-14H2,(H2,20,22)(H,21,23)/t19-/m0/s1. The molecule has 0 aliphatic carbocycles. The van der Waals surface area contributed by atoms with Gasteiger partial charge in [-0.1, -0.05) is 60.7 Å². The lowest BCUT2D eigenvalue weighted by atomic mass is 10.0. The van der Waals surface area contributed by atoms with Crippen LogP contribution in [0.3, 0.4) is 0 Å². The Kier molecular flexibility index (Phi) is 6.54. The molecule has 4 N–H and O–H groups in total. The van der Waals surface area contributed by atoms with Gasteiger partial charge in [0.2, 0.25) is 5.72 Å². The fraction of sp³-hybridized carbons (Fsp3) is 0.263. The van der Waals surface area contributed by atoms with Crippen LogP contribution >= 0.6 is 0 Å². The molecule has 0 aliphatic rings. The number of hydrogen-bond acceptors (Lipinski definition) is 4. The first-order valence-electron chi connectivity index (χ1n) is 8.05. The zero-order valence-corrected chi connectivity index (χ0v) is 13.9. The molecule has 2 aromatic rings. The first-order chi connectivity index (χ1) is 12.0. The maximum Gasteiger partial charge on any atom is 0.410 e. The lowest BCUT2D eigenvalue weighted by Gasteiger charge is -2.25. The molecule has 0 unspecified atom stereocenters. The van der Waals surface area contributed by atoms with E-state index in [2.05, 4.69) is 5.32 Å². The Balaban J connectivity index is 1.85. The maximum absolute atomic E-state index is 11.9. The van der Waals surface area contributed by atoms with Gasteiger partial charge in [-0.05, 0) is 24.0 Å². The summed E-state index contributed by atoms with van der Waals surface area (Å²) in [6, 6.07) is 18.7. The smallest absolute Gasteiger partial charge is 0.410 e. The Morgan fingerprint density at radius 3 is 2.12 bits per heavy atom. The van der Waals surface area contributed by atoms with Crippen LogP contribution in [0.25, 0.3) is 0 Å². The van der Waals surface area contributed by atoms with Crippen LogP contribution in [0.4, 0.5) is 4.79 Å². The van der Waals surface area contributed by atoms with Crippen molar-refractivity contribution in [1.82, 2.24) is 5.32 Å². The third-order valence-electron chi connectivity index (χ3n) is 3.78. The molecule has 0 saturated carbocycles.